The summed E-state index contributed by atoms with van der Waals surface area (Å²) in [6, 6.07) is 13.0. The summed E-state index contributed by atoms with van der Waals surface area (Å²) in [5.74, 6) is -1.20. The number of halogens is 3. The van der Waals surface area contributed by atoms with E-state index in [2.05, 4.69) is 10.6 Å². The molecule has 1 aliphatic heterocycles. The quantitative estimate of drug-likeness (QED) is 0.499. The van der Waals surface area contributed by atoms with Crippen LogP contribution < -0.4 is 20.4 Å². The number of alkyl halides is 3. The molecule has 2 aromatic carbocycles. The second-order valence-corrected chi connectivity index (χ2v) is 11.3. The minimum atomic E-state index is -4.66. The first-order chi connectivity index (χ1) is 18.8. The Hall–Kier alpha value is -3.76. The molecule has 216 valence electrons. The minimum absolute atomic E-state index is 0.00304. The van der Waals surface area contributed by atoms with Crippen molar-refractivity contribution in [2.75, 3.05) is 29.4 Å². The average molecular weight is 561 g/mol. The van der Waals surface area contributed by atoms with E-state index in [0.717, 1.165) is 18.4 Å². The lowest BCUT2D eigenvalue weighted by Gasteiger charge is -2.28. The summed E-state index contributed by atoms with van der Waals surface area (Å²) < 4.78 is 46.3. The molecular weight excluding hydrogens is 525 g/mol. The summed E-state index contributed by atoms with van der Waals surface area (Å²) in [5.41, 5.74) is 0.584. The molecular formula is C29H35F3N4O4. The maximum absolute atomic E-state index is 13.6. The smallest absolute Gasteiger partial charge is 0.408 e. The summed E-state index contributed by atoms with van der Waals surface area (Å²) in [7, 11) is 0. The topological polar surface area (TPSA) is 91.0 Å². The van der Waals surface area contributed by atoms with Crippen molar-refractivity contribution in [2.24, 2.45) is 5.92 Å². The number of hydrogen-bond donors (Lipinski definition) is 2. The zero-order valence-corrected chi connectivity index (χ0v) is 22.8. The zero-order chi connectivity index (χ0) is 29.1. The van der Waals surface area contributed by atoms with Crippen LogP contribution in [0.15, 0.2) is 54.6 Å². The van der Waals surface area contributed by atoms with Crippen molar-refractivity contribution in [3.63, 3.8) is 0 Å². The van der Waals surface area contributed by atoms with Crippen molar-refractivity contribution < 1.29 is 32.3 Å². The Bertz CT molecular complexity index is 1210. The van der Waals surface area contributed by atoms with Gasteiger partial charge in [0.1, 0.15) is 24.2 Å². The van der Waals surface area contributed by atoms with E-state index in [1.165, 1.54) is 6.07 Å². The lowest BCUT2D eigenvalue weighted by Crippen LogP contribution is -2.58. The van der Waals surface area contributed by atoms with E-state index < -0.39 is 48.3 Å². The number of fused-ring (bicyclic) bond motifs is 1. The molecule has 0 radical (unpaired) electrons. The van der Waals surface area contributed by atoms with Crippen LogP contribution in [0.2, 0.25) is 0 Å². The standard InChI is InChI=1S/C29H35F3N4O4/c1-28(2,3)40-27(39)34-21(15-19-9-5-4-6-10-19)25(37)33-22-17-35(16-20-13-14-20)23-11-7-8-12-24(23)36(26(22)38)18-29(30,31)32/h4-12,20-22H,13-18H2,1-3H3,(H,33,37)(H,34,39)/t21?,22-/m1/s1. The van der Waals surface area contributed by atoms with Crippen LogP contribution in [-0.2, 0) is 20.7 Å². The Morgan fingerprint density at radius 3 is 2.23 bits per heavy atom. The summed E-state index contributed by atoms with van der Waals surface area (Å²) >= 11 is 0. The van der Waals surface area contributed by atoms with Crippen LogP contribution in [0.25, 0.3) is 0 Å². The Kier molecular flexibility index (Phi) is 8.60. The average Bonchev–Trinajstić information content (AvgIpc) is 3.69. The molecule has 2 atom stereocenters. The number of para-hydroxylation sites is 2. The van der Waals surface area contributed by atoms with Crippen LogP contribution in [0.3, 0.4) is 0 Å². The van der Waals surface area contributed by atoms with Crippen LogP contribution in [0, 0.1) is 5.92 Å². The lowest BCUT2D eigenvalue weighted by atomic mass is 10.0. The SMILES string of the molecule is CC(C)(C)OC(=O)NC(Cc1ccccc1)C(=O)N[C@@H]1CN(CC2CC2)c2ccccc2N(CC(F)(F)F)C1=O. The molecule has 1 unspecified atom stereocenters. The summed E-state index contributed by atoms with van der Waals surface area (Å²) in [6.07, 6.45) is -3.40. The molecule has 1 heterocycles. The molecule has 2 aromatic rings. The predicted octanol–water partition coefficient (Wildman–Crippen LogP) is 4.43. The van der Waals surface area contributed by atoms with Crippen molar-refractivity contribution in [3.8, 4) is 0 Å². The number of ether oxygens (including phenoxy) is 1. The highest BCUT2D eigenvalue weighted by atomic mass is 19.4. The summed E-state index contributed by atoms with van der Waals surface area (Å²) in [4.78, 5) is 42.4. The fourth-order valence-electron chi connectivity index (χ4n) is 4.68. The van der Waals surface area contributed by atoms with Gasteiger partial charge in [0.15, 0.2) is 0 Å². The molecule has 0 aromatic heterocycles. The number of anilines is 2. The van der Waals surface area contributed by atoms with Gasteiger partial charge in [-0.1, -0.05) is 42.5 Å². The van der Waals surface area contributed by atoms with Gasteiger partial charge in [-0.2, -0.15) is 13.2 Å². The number of nitrogens with one attached hydrogen (secondary N) is 2. The Labute approximate surface area is 231 Å². The molecule has 0 bridgehead atoms. The Morgan fingerprint density at radius 1 is 1.00 bits per heavy atom. The number of rotatable bonds is 8. The van der Waals surface area contributed by atoms with Crippen LogP contribution in [0.4, 0.5) is 29.3 Å². The molecule has 1 aliphatic carbocycles. The number of carbonyl (C=O) groups is 3. The van der Waals surface area contributed by atoms with Crippen molar-refractivity contribution in [3.05, 3.63) is 60.2 Å². The first-order valence-electron chi connectivity index (χ1n) is 13.3. The van der Waals surface area contributed by atoms with Gasteiger partial charge in [-0.25, -0.2) is 4.79 Å². The molecule has 4 rings (SSSR count). The second kappa shape index (κ2) is 11.8. The van der Waals surface area contributed by atoms with Crippen molar-refractivity contribution >= 4 is 29.3 Å². The fraction of sp³-hybridized carbons (Fsp3) is 0.483. The number of amides is 3. The van der Waals surface area contributed by atoms with Gasteiger partial charge in [0.2, 0.25) is 5.91 Å². The van der Waals surface area contributed by atoms with Gasteiger partial charge >= 0.3 is 12.3 Å². The van der Waals surface area contributed by atoms with Crippen LogP contribution in [-0.4, -0.2) is 61.4 Å². The van der Waals surface area contributed by atoms with E-state index in [1.54, 1.807) is 63.2 Å². The van der Waals surface area contributed by atoms with Crippen molar-refractivity contribution in [2.45, 2.75) is 63.9 Å². The fourth-order valence-corrected chi connectivity index (χ4v) is 4.68. The minimum Gasteiger partial charge on any atom is -0.444 e. The molecule has 11 heteroatoms. The highest BCUT2D eigenvalue weighted by Crippen LogP contribution is 2.38. The molecule has 2 N–H and O–H groups in total. The summed E-state index contributed by atoms with van der Waals surface area (Å²) in [6.45, 7) is 4.12. The Balaban J connectivity index is 1.62. The van der Waals surface area contributed by atoms with Gasteiger partial charge < -0.3 is 20.3 Å². The Morgan fingerprint density at radius 2 is 1.62 bits per heavy atom. The van der Waals surface area contributed by atoms with Gasteiger partial charge in [0.25, 0.3) is 5.91 Å². The molecule has 0 saturated heterocycles. The van der Waals surface area contributed by atoms with E-state index >= 15 is 0 Å². The second-order valence-electron chi connectivity index (χ2n) is 11.3. The van der Waals surface area contributed by atoms with E-state index in [-0.39, 0.29) is 18.7 Å². The zero-order valence-electron chi connectivity index (χ0n) is 22.8. The van der Waals surface area contributed by atoms with E-state index in [4.69, 9.17) is 4.74 Å². The van der Waals surface area contributed by atoms with Gasteiger partial charge in [-0.3, -0.25) is 14.5 Å². The van der Waals surface area contributed by atoms with E-state index in [0.29, 0.717) is 23.0 Å². The van der Waals surface area contributed by atoms with Crippen molar-refractivity contribution in [1.82, 2.24) is 10.6 Å². The third-order valence-corrected chi connectivity index (χ3v) is 6.60. The number of benzene rings is 2. The maximum Gasteiger partial charge on any atom is 0.408 e. The number of nitrogens with zero attached hydrogens (tertiary/aromatic N) is 2. The van der Waals surface area contributed by atoms with Crippen LogP contribution in [0.5, 0.6) is 0 Å². The highest BCUT2D eigenvalue weighted by molar-refractivity contribution is 6.04. The van der Waals surface area contributed by atoms with Gasteiger partial charge in [0.05, 0.1) is 11.4 Å². The van der Waals surface area contributed by atoms with Gasteiger partial charge in [-0.15, -0.1) is 0 Å². The predicted molar refractivity (Wildman–Crippen MR) is 145 cm³/mol. The summed E-state index contributed by atoms with van der Waals surface area (Å²) in [5, 5.41) is 5.23. The first kappa shape index (κ1) is 29.2. The molecule has 1 fully saturated rings. The lowest BCUT2D eigenvalue weighted by molar-refractivity contribution is -0.135. The highest BCUT2D eigenvalue weighted by Gasteiger charge is 2.42. The van der Waals surface area contributed by atoms with Crippen LogP contribution in [0.1, 0.15) is 39.2 Å². The van der Waals surface area contributed by atoms with Gasteiger partial charge in [-0.05, 0) is 57.2 Å². The molecule has 8 nitrogen and oxygen atoms in total. The number of hydrogen-bond acceptors (Lipinski definition) is 5. The van der Waals surface area contributed by atoms with E-state index in [9.17, 15) is 27.6 Å². The normalized spacial score (nSPS) is 18.4. The molecule has 2 aliphatic rings. The largest absolute Gasteiger partial charge is 0.444 e. The third-order valence-electron chi connectivity index (χ3n) is 6.60. The molecule has 0 spiro atoms. The monoisotopic (exact) mass is 560 g/mol. The van der Waals surface area contributed by atoms with Crippen LogP contribution >= 0.6 is 0 Å². The van der Waals surface area contributed by atoms with Gasteiger partial charge in [0, 0.05) is 19.5 Å². The molecule has 40 heavy (non-hydrogen) atoms. The number of carbonyl (C=O) groups excluding carboxylic acids is 3. The molecule has 1 saturated carbocycles. The third kappa shape index (κ3) is 8.12. The van der Waals surface area contributed by atoms with Crippen molar-refractivity contribution in [1.29, 1.82) is 0 Å². The number of alkyl carbamates (subject to hydrolysis) is 1. The maximum atomic E-state index is 13.6. The first-order valence-corrected chi connectivity index (χ1v) is 13.3. The molecule has 3 amide bonds. The van der Waals surface area contributed by atoms with E-state index in [1.807, 2.05) is 11.0 Å².